The van der Waals surface area contributed by atoms with Gasteiger partial charge in [-0.25, -0.2) is 4.79 Å². The first-order valence-electron chi connectivity index (χ1n) is 5.83. The second kappa shape index (κ2) is 6.49. The lowest BCUT2D eigenvalue weighted by Gasteiger charge is -2.24. The minimum absolute atomic E-state index is 0.248. The Hall–Kier alpha value is -0.990. The van der Waals surface area contributed by atoms with Crippen LogP contribution in [-0.2, 0) is 9.53 Å². The summed E-state index contributed by atoms with van der Waals surface area (Å²) in [6, 6.07) is 0.454. The van der Waals surface area contributed by atoms with Gasteiger partial charge in [0.05, 0.1) is 7.11 Å². The standard InChI is InChI=1S/C12H21NO2/c1-3-7-11(12(14)15-2)13-10-8-5-4-6-9-10/h7,10,13H,3-6,8-9H2,1-2H3. The maximum atomic E-state index is 11.4. The molecule has 1 aliphatic carbocycles. The number of hydrogen-bond acceptors (Lipinski definition) is 3. The molecule has 1 rings (SSSR count). The summed E-state index contributed by atoms with van der Waals surface area (Å²) in [6.45, 7) is 2.02. The van der Waals surface area contributed by atoms with E-state index in [0.29, 0.717) is 11.7 Å². The van der Waals surface area contributed by atoms with Gasteiger partial charge in [-0.2, -0.15) is 0 Å². The molecule has 0 unspecified atom stereocenters. The van der Waals surface area contributed by atoms with Crippen LogP contribution in [-0.4, -0.2) is 19.1 Å². The van der Waals surface area contributed by atoms with E-state index in [1.807, 2.05) is 13.0 Å². The summed E-state index contributed by atoms with van der Waals surface area (Å²) in [6.07, 6.45) is 8.93. The van der Waals surface area contributed by atoms with Crippen molar-refractivity contribution >= 4 is 5.97 Å². The van der Waals surface area contributed by atoms with Crippen LogP contribution in [0.5, 0.6) is 0 Å². The SMILES string of the molecule is CCC=C(NC1CCCCC1)C(=O)OC. The van der Waals surface area contributed by atoms with Crippen molar-refractivity contribution in [3.05, 3.63) is 11.8 Å². The predicted octanol–water partition coefficient (Wildman–Crippen LogP) is 2.38. The average molecular weight is 211 g/mol. The van der Waals surface area contributed by atoms with E-state index in [1.54, 1.807) is 0 Å². The zero-order chi connectivity index (χ0) is 11.1. The summed E-state index contributed by atoms with van der Waals surface area (Å²) in [5.41, 5.74) is 0.631. The second-order valence-corrected chi connectivity index (χ2v) is 4.00. The first-order valence-corrected chi connectivity index (χ1v) is 5.83. The molecular weight excluding hydrogens is 190 g/mol. The molecule has 3 nitrogen and oxygen atoms in total. The van der Waals surface area contributed by atoms with Crippen LogP contribution in [0.25, 0.3) is 0 Å². The maximum absolute atomic E-state index is 11.4. The van der Waals surface area contributed by atoms with Crippen molar-refractivity contribution in [2.24, 2.45) is 0 Å². The molecule has 3 heteroatoms. The van der Waals surface area contributed by atoms with Gasteiger partial charge in [0.15, 0.2) is 0 Å². The number of esters is 1. The number of carbonyl (C=O) groups is 1. The molecule has 0 aromatic heterocycles. The minimum atomic E-state index is -0.248. The molecule has 15 heavy (non-hydrogen) atoms. The van der Waals surface area contributed by atoms with Gasteiger partial charge < -0.3 is 10.1 Å². The van der Waals surface area contributed by atoms with E-state index in [1.165, 1.54) is 26.4 Å². The van der Waals surface area contributed by atoms with Crippen LogP contribution in [0.2, 0.25) is 0 Å². The zero-order valence-corrected chi connectivity index (χ0v) is 9.71. The first kappa shape index (κ1) is 12.1. The van der Waals surface area contributed by atoms with Crippen LogP contribution < -0.4 is 5.32 Å². The molecule has 0 amide bonds. The quantitative estimate of drug-likeness (QED) is 0.573. The van der Waals surface area contributed by atoms with Crippen molar-refractivity contribution in [3.63, 3.8) is 0 Å². The van der Waals surface area contributed by atoms with Crippen LogP contribution in [0.1, 0.15) is 45.4 Å². The van der Waals surface area contributed by atoms with E-state index in [4.69, 9.17) is 4.74 Å². The third-order valence-electron chi connectivity index (χ3n) is 2.78. The molecule has 0 spiro atoms. The molecule has 1 saturated carbocycles. The number of allylic oxidation sites excluding steroid dienone is 1. The lowest BCUT2D eigenvalue weighted by atomic mass is 9.95. The van der Waals surface area contributed by atoms with Gasteiger partial charge in [0.2, 0.25) is 0 Å². The van der Waals surface area contributed by atoms with Crippen LogP contribution >= 0.6 is 0 Å². The van der Waals surface area contributed by atoms with E-state index >= 15 is 0 Å². The Balaban J connectivity index is 2.50. The summed E-state index contributed by atoms with van der Waals surface area (Å²) < 4.78 is 4.74. The first-order chi connectivity index (χ1) is 7.27. The molecular formula is C12H21NO2. The zero-order valence-electron chi connectivity index (χ0n) is 9.71. The third-order valence-corrected chi connectivity index (χ3v) is 2.78. The van der Waals surface area contributed by atoms with Crippen LogP contribution in [0, 0.1) is 0 Å². The highest BCUT2D eigenvalue weighted by Crippen LogP contribution is 2.18. The number of ether oxygens (including phenoxy) is 1. The van der Waals surface area contributed by atoms with Gasteiger partial charge in [0.1, 0.15) is 5.70 Å². The minimum Gasteiger partial charge on any atom is -0.464 e. The number of rotatable bonds is 4. The molecule has 0 aromatic carbocycles. The second-order valence-electron chi connectivity index (χ2n) is 4.00. The summed E-state index contributed by atoms with van der Waals surface area (Å²) in [4.78, 5) is 11.4. The fraction of sp³-hybridized carbons (Fsp3) is 0.750. The van der Waals surface area contributed by atoms with E-state index < -0.39 is 0 Å². The smallest absolute Gasteiger partial charge is 0.353 e. The largest absolute Gasteiger partial charge is 0.464 e. The molecule has 86 valence electrons. The summed E-state index contributed by atoms with van der Waals surface area (Å²) >= 11 is 0. The maximum Gasteiger partial charge on any atom is 0.353 e. The molecule has 0 aliphatic heterocycles. The highest BCUT2D eigenvalue weighted by atomic mass is 16.5. The van der Waals surface area contributed by atoms with E-state index in [9.17, 15) is 4.79 Å². The average Bonchev–Trinajstić information content (AvgIpc) is 2.29. The van der Waals surface area contributed by atoms with E-state index in [2.05, 4.69) is 5.32 Å². The van der Waals surface area contributed by atoms with Gasteiger partial charge in [0, 0.05) is 6.04 Å². The molecule has 0 heterocycles. The van der Waals surface area contributed by atoms with Crippen molar-refractivity contribution < 1.29 is 9.53 Å². The number of methoxy groups -OCH3 is 1. The van der Waals surface area contributed by atoms with Crippen molar-refractivity contribution in [3.8, 4) is 0 Å². The third kappa shape index (κ3) is 3.94. The predicted molar refractivity (Wildman–Crippen MR) is 60.4 cm³/mol. The monoisotopic (exact) mass is 211 g/mol. The summed E-state index contributed by atoms with van der Waals surface area (Å²) in [7, 11) is 1.42. The van der Waals surface area contributed by atoms with Crippen molar-refractivity contribution in [1.82, 2.24) is 5.32 Å². The molecule has 1 N–H and O–H groups in total. The van der Waals surface area contributed by atoms with Gasteiger partial charge >= 0.3 is 5.97 Å². The highest BCUT2D eigenvalue weighted by Gasteiger charge is 2.17. The number of nitrogens with one attached hydrogen (secondary N) is 1. The Morgan fingerprint density at radius 2 is 2.07 bits per heavy atom. The van der Waals surface area contributed by atoms with E-state index in [0.717, 1.165) is 19.3 Å². The van der Waals surface area contributed by atoms with Crippen LogP contribution in [0.15, 0.2) is 11.8 Å². The molecule has 0 aromatic rings. The molecule has 1 fully saturated rings. The Labute approximate surface area is 91.9 Å². The van der Waals surface area contributed by atoms with Crippen molar-refractivity contribution in [2.45, 2.75) is 51.5 Å². The van der Waals surface area contributed by atoms with Crippen molar-refractivity contribution in [2.75, 3.05) is 7.11 Å². The van der Waals surface area contributed by atoms with Crippen LogP contribution in [0.3, 0.4) is 0 Å². The molecule has 0 radical (unpaired) electrons. The highest BCUT2D eigenvalue weighted by molar-refractivity contribution is 5.87. The number of carbonyl (C=O) groups excluding carboxylic acids is 1. The van der Waals surface area contributed by atoms with Crippen LogP contribution in [0.4, 0.5) is 0 Å². The fourth-order valence-corrected chi connectivity index (χ4v) is 1.98. The Bertz CT molecular complexity index is 230. The van der Waals surface area contributed by atoms with Gasteiger partial charge in [-0.15, -0.1) is 0 Å². The number of hydrogen-bond donors (Lipinski definition) is 1. The van der Waals surface area contributed by atoms with Gasteiger partial charge in [-0.05, 0) is 19.3 Å². The van der Waals surface area contributed by atoms with Crippen molar-refractivity contribution in [1.29, 1.82) is 0 Å². The Morgan fingerprint density at radius 1 is 1.40 bits per heavy atom. The molecule has 0 bridgehead atoms. The molecule has 1 aliphatic rings. The topological polar surface area (TPSA) is 38.3 Å². The summed E-state index contributed by atoms with van der Waals surface area (Å²) in [5, 5.41) is 3.29. The Kier molecular flexibility index (Phi) is 5.22. The van der Waals surface area contributed by atoms with Gasteiger partial charge in [-0.3, -0.25) is 0 Å². The Morgan fingerprint density at radius 3 is 2.60 bits per heavy atom. The fourth-order valence-electron chi connectivity index (χ4n) is 1.98. The summed E-state index contributed by atoms with van der Waals surface area (Å²) in [5.74, 6) is -0.248. The molecule has 0 atom stereocenters. The van der Waals surface area contributed by atoms with Gasteiger partial charge in [-0.1, -0.05) is 32.3 Å². The molecule has 0 saturated heterocycles. The van der Waals surface area contributed by atoms with E-state index in [-0.39, 0.29) is 5.97 Å². The lowest BCUT2D eigenvalue weighted by molar-refractivity contribution is -0.136. The van der Waals surface area contributed by atoms with Gasteiger partial charge in [0.25, 0.3) is 0 Å². The lowest BCUT2D eigenvalue weighted by Crippen LogP contribution is -2.33. The normalized spacial score (nSPS) is 18.7.